The topological polar surface area (TPSA) is 27.0 Å². The van der Waals surface area contributed by atoms with E-state index < -0.39 is 0 Å². The number of hydrogen-bond acceptors (Lipinski definition) is 1. The van der Waals surface area contributed by atoms with Crippen molar-refractivity contribution in [3.8, 4) is 0 Å². The van der Waals surface area contributed by atoms with Gasteiger partial charge in [-0.15, -0.1) is 0 Å². The van der Waals surface area contributed by atoms with Gasteiger partial charge in [0.15, 0.2) is 0 Å². The highest BCUT2D eigenvalue weighted by atomic mass is 14.8. The molecule has 49 valence electrons. The summed E-state index contributed by atoms with van der Waals surface area (Å²) in [6, 6.07) is 2.00. The zero-order valence-corrected chi connectivity index (χ0v) is 5.49. The summed E-state index contributed by atoms with van der Waals surface area (Å²) in [4.78, 5) is 4.00. The summed E-state index contributed by atoms with van der Waals surface area (Å²) in [7, 11) is 0. The Bertz CT molecular complexity index is 266. The van der Waals surface area contributed by atoms with E-state index in [9.17, 15) is 0 Å². The van der Waals surface area contributed by atoms with E-state index in [0.717, 1.165) is 6.54 Å². The van der Waals surface area contributed by atoms with Crippen LogP contribution in [0.3, 0.4) is 0 Å². The highest BCUT2D eigenvalue weighted by Crippen LogP contribution is 2.12. The van der Waals surface area contributed by atoms with Gasteiger partial charge in [-0.3, -0.25) is 10.3 Å². The molecule has 2 rings (SSSR count). The number of rotatable bonds is 0. The van der Waals surface area contributed by atoms with Crippen LogP contribution in [-0.4, -0.2) is 4.98 Å². The van der Waals surface area contributed by atoms with Gasteiger partial charge in [-0.1, -0.05) is 0 Å². The molecule has 1 aliphatic heterocycles. The highest BCUT2D eigenvalue weighted by Gasteiger charge is 2.01. The molecule has 0 spiro atoms. The highest BCUT2D eigenvalue weighted by molar-refractivity contribution is 5.54. The number of hydrogen-bond donors (Lipinski definition) is 0. The van der Waals surface area contributed by atoms with Crippen LogP contribution in [0.1, 0.15) is 11.1 Å². The van der Waals surface area contributed by atoms with Crippen molar-refractivity contribution >= 4 is 6.08 Å². The van der Waals surface area contributed by atoms with Gasteiger partial charge in [0.2, 0.25) is 0 Å². The Labute approximate surface area is 59.6 Å². The van der Waals surface area contributed by atoms with E-state index >= 15 is 0 Å². The zero-order valence-electron chi connectivity index (χ0n) is 5.49. The lowest BCUT2D eigenvalue weighted by atomic mass is 10.1. The van der Waals surface area contributed by atoms with Crippen LogP contribution in [0.15, 0.2) is 24.7 Å². The maximum Gasteiger partial charge on any atom is 0.0660 e. The number of nitrogens with zero attached hydrogens (tertiary/aromatic N) is 2. The zero-order chi connectivity index (χ0) is 6.81. The average molecular weight is 131 g/mol. The van der Waals surface area contributed by atoms with Crippen LogP contribution in [0.25, 0.3) is 6.08 Å². The molecule has 2 heterocycles. The van der Waals surface area contributed by atoms with Crippen LogP contribution in [0.5, 0.6) is 0 Å². The Morgan fingerprint density at radius 1 is 1.40 bits per heavy atom. The maximum absolute atomic E-state index is 4.10. The lowest BCUT2D eigenvalue weighted by molar-refractivity contribution is 0.835. The van der Waals surface area contributed by atoms with E-state index in [0.29, 0.717) is 0 Å². The monoisotopic (exact) mass is 131 g/mol. The second kappa shape index (κ2) is 2.14. The predicted octanol–water partition coefficient (Wildman–Crippen LogP) is 1.17. The van der Waals surface area contributed by atoms with Crippen molar-refractivity contribution in [1.29, 1.82) is 0 Å². The minimum absolute atomic E-state index is 0.777. The fourth-order valence-corrected chi connectivity index (χ4v) is 1.02. The molecule has 1 radical (unpaired) electrons. The van der Waals surface area contributed by atoms with Gasteiger partial charge in [-0.25, -0.2) is 0 Å². The fraction of sp³-hybridized carbons (Fsp3) is 0.125. The molecule has 0 aromatic carbocycles. The van der Waals surface area contributed by atoms with Crippen LogP contribution < -0.4 is 5.32 Å². The molecule has 0 N–H and O–H groups in total. The van der Waals surface area contributed by atoms with Crippen LogP contribution in [0.4, 0.5) is 0 Å². The molecule has 0 fully saturated rings. The average Bonchev–Trinajstić information content (AvgIpc) is 2.05. The smallest absolute Gasteiger partial charge is 0.0660 e. The number of fused-ring (bicyclic) bond motifs is 1. The molecule has 1 aromatic heterocycles. The molecule has 1 aliphatic rings. The summed E-state index contributed by atoms with van der Waals surface area (Å²) in [6.45, 7) is 0.777. The molecule has 2 heteroatoms. The molecular weight excluding hydrogens is 124 g/mol. The molecule has 0 atom stereocenters. The van der Waals surface area contributed by atoms with Gasteiger partial charge in [-0.05, 0) is 23.3 Å². The minimum atomic E-state index is 0.777. The molecule has 2 nitrogen and oxygen atoms in total. The van der Waals surface area contributed by atoms with Gasteiger partial charge in [0.1, 0.15) is 0 Å². The first kappa shape index (κ1) is 5.47. The van der Waals surface area contributed by atoms with E-state index in [1.54, 1.807) is 6.20 Å². The largest absolute Gasteiger partial charge is 0.288 e. The first-order valence-electron chi connectivity index (χ1n) is 3.23. The molecule has 0 bridgehead atoms. The van der Waals surface area contributed by atoms with Crippen molar-refractivity contribution in [2.24, 2.45) is 0 Å². The van der Waals surface area contributed by atoms with Gasteiger partial charge < -0.3 is 0 Å². The molecule has 10 heavy (non-hydrogen) atoms. The van der Waals surface area contributed by atoms with Gasteiger partial charge in [0.05, 0.1) is 6.54 Å². The number of aromatic nitrogens is 1. The van der Waals surface area contributed by atoms with Gasteiger partial charge in [-0.2, -0.15) is 0 Å². The van der Waals surface area contributed by atoms with Crippen LogP contribution in [0.2, 0.25) is 0 Å². The summed E-state index contributed by atoms with van der Waals surface area (Å²) in [5.41, 5.74) is 2.45. The lowest BCUT2D eigenvalue weighted by Gasteiger charge is -2.07. The van der Waals surface area contributed by atoms with E-state index in [1.807, 2.05) is 24.5 Å². The van der Waals surface area contributed by atoms with Crippen molar-refractivity contribution < 1.29 is 0 Å². The molecule has 1 aromatic rings. The summed E-state index contributed by atoms with van der Waals surface area (Å²) >= 11 is 0. The molecule has 0 amide bonds. The van der Waals surface area contributed by atoms with Crippen LogP contribution >= 0.6 is 0 Å². The van der Waals surface area contributed by atoms with Gasteiger partial charge in [0, 0.05) is 18.6 Å². The standard InChI is InChI=1S/C8H7N2/c1-3-9-5-8-6-10-4-2-7(1)8/h1-5H,6H2. The maximum atomic E-state index is 4.10. The minimum Gasteiger partial charge on any atom is -0.288 e. The normalized spacial score (nSPS) is 14.0. The molecular formula is C8H7N2. The second-order valence-electron chi connectivity index (χ2n) is 2.23. The Morgan fingerprint density at radius 2 is 2.40 bits per heavy atom. The Hall–Kier alpha value is -1.31. The number of pyridine rings is 1. The van der Waals surface area contributed by atoms with Crippen molar-refractivity contribution in [3.63, 3.8) is 0 Å². The Balaban J connectivity index is 2.54. The van der Waals surface area contributed by atoms with Crippen molar-refractivity contribution in [2.75, 3.05) is 0 Å². The molecule has 0 saturated carbocycles. The predicted molar refractivity (Wildman–Crippen MR) is 39.1 cm³/mol. The summed E-state index contributed by atoms with van der Waals surface area (Å²) < 4.78 is 0. The Morgan fingerprint density at radius 3 is 3.30 bits per heavy atom. The summed E-state index contributed by atoms with van der Waals surface area (Å²) in [6.07, 6.45) is 7.50. The van der Waals surface area contributed by atoms with Crippen molar-refractivity contribution in [1.82, 2.24) is 10.3 Å². The van der Waals surface area contributed by atoms with Crippen molar-refractivity contribution in [3.05, 3.63) is 35.8 Å². The first-order chi connectivity index (χ1) is 4.97. The summed E-state index contributed by atoms with van der Waals surface area (Å²) in [5, 5.41) is 4.10. The van der Waals surface area contributed by atoms with E-state index in [2.05, 4.69) is 10.3 Å². The SMILES string of the molecule is C1=Cc2ccncc2C[N]1. The van der Waals surface area contributed by atoms with Gasteiger partial charge >= 0.3 is 0 Å². The van der Waals surface area contributed by atoms with Crippen LogP contribution in [-0.2, 0) is 6.54 Å². The van der Waals surface area contributed by atoms with E-state index in [-0.39, 0.29) is 0 Å². The quantitative estimate of drug-likeness (QED) is 0.519. The van der Waals surface area contributed by atoms with Crippen LogP contribution in [0, 0.1) is 0 Å². The van der Waals surface area contributed by atoms with Gasteiger partial charge in [0.25, 0.3) is 0 Å². The van der Waals surface area contributed by atoms with E-state index in [1.165, 1.54) is 11.1 Å². The third-order valence-electron chi connectivity index (χ3n) is 1.56. The summed E-state index contributed by atoms with van der Waals surface area (Å²) in [5.74, 6) is 0. The molecule has 0 unspecified atom stereocenters. The fourth-order valence-electron chi connectivity index (χ4n) is 1.02. The lowest BCUT2D eigenvalue weighted by Crippen LogP contribution is -2.03. The molecule has 0 aliphatic carbocycles. The van der Waals surface area contributed by atoms with E-state index in [4.69, 9.17) is 0 Å². The van der Waals surface area contributed by atoms with Crippen molar-refractivity contribution in [2.45, 2.75) is 6.54 Å². The third kappa shape index (κ3) is 0.778. The Kier molecular flexibility index (Phi) is 1.17. The first-order valence-corrected chi connectivity index (χ1v) is 3.23. The third-order valence-corrected chi connectivity index (χ3v) is 1.56. The molecule has 0 saturated heterocycles. The second-order valence-corrected chi connectivity index (χ2v) is 2.23.